The van der Waals surface area contributed by atoms with E-state index < -0.39 is 11.9 Å². The minimum Gasteiger partial charge on any atom is -0.385 e. The van der Waals surface area contributed by atoms with Crippen LogP contribution in [0.4, 0.5) is 0 Å². The summed E-state index contributed by atoms with van der Waals surface area (Å²) in [5.41, 5.74) is 0.554. The number of benzene rings is 1. The lowest BCUT2D eigenvalue weighted by Crippen LogP contribution is -2.34. The van der Waals surface area contributed by atoms with Crippen molar-refractivity contribution in [2.75, 3.05) is 13.7 Å². The Hall–Kier alpha value is -3.00. The molecular weight excluding hydrogens is 346 g/mol. The summed E-state index contributed by atoms with van der Waals surface area (Å²) >= 11 is 0. The van der Waals surface area contributed by atoms with E-state index in [1.807, 2.05) is 35.8 Å². The van der Waals surface area contributed by atoms with Gasteiger partial charge in [0, 0.05) is 27.3 Å². The van der Waals surface area contributed by atoms with Gasteiger partial charge in [0.05, 0.1) is 11.6 Å². The van der Waals surface area contributed by atoms with E-state index in [2.05, 4.69) is 15.5 Å². The second-order valence-electron chi connectivity index (χ2n) is 6.41. The van der Waals surface area contributed by atoms with Gasteiger partial charge in [-0.15, -0.1) is 10.2 Å². The molecule has 8 heteroatoms. The molecule has 1 amide bonds. The summed E-state index contributed by atoms with van der Waals surface area (Å²) in [5, 5.41) is 11.7. The van der Waals surface area contributed by atoms with E-state index in [4.69, 9.17) is 4.74 Å². The molecule has 2 heterocycles. The van der Waals surface area contributed by atoms with Gasteiger partial charge in [0.2, 0.25) is 0 Å². The van der Waals surface area contributed by atoms with Gasteiger partial charge in [0.25, 0.3) is 11.5 Å². The summed E-state index contributed by atoms with van der Waals surface area (Å²) in [7, 11) is 3.32. The maximum Gasteiger partial charge on any atom is 0.263 e. The van der Waals surface area contributed by atoms with Crippen LogP contribution in [0.25, 0.3) is 10.9 Å². The van der Waals surface area contributed by atoms with E-state index in [1.54, 1.807) is 26.6 Å². The maximum atomic E-state index is 12.7. The number of aromatic nitrogens is 4. The molecular formula is C19H23N5O3. The topological polar surface area (TPSA) is 91.0 Å². The van der Waals surface area contributed by atoms with Gasteiger partial charge >= 0.3 is 0 Å². The SMILES string of the molecule is COCCCn1cnnc1[C@H](C)NC(=O)c1cc2ccccc2n(C)c1=O. The van der Waals surface area contributed by atoms with Crippen molar-refractivity contribution in [1.29, 1.82) is 0 Å². The highest BCUT2D eigenvalue weighted by molar-refractivity contribution is 5.97. The molecule has 27 heavy (non-hydrogen) atoms. The van der Waals surface area contributed by atoms with Gasteiger partial charge in [-0.05, 0) is 30.9 Å². The third-order valence-corrected chi connectivity index (χ3v) is 4.51. The Balaban J connectivity index is 1.82. The monoisotopic (exact) mass is 369 g/mol. The summed E-state index contributed by atoms with van der Waals surface area (Å²) in [6, 6.07) is 8.70. The summed E-state index contributed by atoms with van der Waals surface area (Å²) in [6.45, 7) is 3.14. The van der Waals surface area contributed by atoms with Crippen LogP contribution in [0.3, 0.4) is 0 Å². The summed E-state index contributed by atoms with van der Waals surface area (Å²) < 4.78 is 8.43. The van der Waals surface area contributed by atoms with Gasteiger partial charge in [0.1, 0.15) is 11.9 Å². The fourth-order valence-corrected chi connectivity index (χ4v) is 3.07. The van der Waals surface area contributed by atoms with E-state index in [1.165, 1.54) is 4.57 Å². The van der Waals surface area contributed by atoms with Crippen molar-refractivity contribution in [3.63, 3.8) is 0 Å². The number of nitrogens with one attached hydrogen (secondary N) is 1. The fourth-order valence-electron chi connectivity index (χ4n) is 3.07. The van der Waals surface area contributed by atoms with Gasteiger partial charge in [-0.3, -0.25) is 9.59 Å². The molecule has 0 saturated carbocycles. The Morgan fingerprint density at radius 3 is 2.89 bits per heavy atom. The molecule has 0 aliphatic heterocycles. The molecule has 0 bridgehead atoms. The molecule has 3 aromatic rings. The lowest BCUT2D eigenvalue weighted by atomic mass is 10.1. The lowest BCUT2D eigenvalue weighted by Gasteiger charge is -2.15. The van der Waals surface area contributed by atoms with Gasteiger partial charge in [-0.25, -0.2) is 0 Å². The molecule has 0 fully saturated rings. The normalized spacial score (nSPS) is 12.3. The van der Waals surface area contributed by atoms with Crippen molar-refractivity contribution in [3.8, 4) is 0 Å². The third kappa shape index (κ3) is 3.90. The summed E-state index contributed by atoms with van der Waals surface area (Å²) in [6.07, 6.45) is 2.44. The minimum atomic E-state index is -0.430. The van der Waals surface area contributed by atoms with Crippen LogP contribution >= 0.6 is 0 Å². The molecule has 3 rings (SSSR count). The number of nitrogens with zero attached hydrogens (tertiary/aromatic N) is 4. The van der Waals surface area contributed by atoms with Crippen LogP contribution in [0.1, 0.15) is 35.6 Å². The molecule has 0 radical (unpaired) electrons. The molecule has 1 N–H and O–H groups in total. The number of carbonyl (C=O) groups excluding carboxylic acids is 1. The molecule has 0 spiro atoms. The number of hydrogen-bond donors (Lipinski definition) is 1. The van der Waals surface area contributed by atoms with Crippen molar-refractivity contribution < 1.29 is 9.53 Å². The maximum absolute atomic E-state index is 12.7. The molecule has 0 aliphatic rings. The first-order valence-corrected chi connectivity index (χ1v) is 8.79. The van der Waals surface area contributed by atoms with E-state index in [-0.39, 0.29) is 11.1 Å². The van der Waals surface area contributed by atoms with Crippen LogP contribution in [0.15, 0.2) is 41.5 Å². The second-order valence-corrected chi connectivity index (χ2v) is 6.41. The van der Waals surface area contributed by atoms with Crippen LogP contribution in [0, 0.1) is 0 Å². The van der Waals surface area contributed by atoms with Crippen molar-refractivity contribution in [1.82, 2.24) is 24.6 Å². The minimum absolute atomic E-state index is 0.105. The Morgan fingerprint density at radius 2 is 2.11 bits per heavy atom. The number of para-hydroxylation sites is 1. The Kier molecular flexibility index (Phi) is 5.66. The van der Waals surface area contributed by atoms with E-state index in [0.29, 0.717) is 19.0 Å². The number of hydrogen-bond acceptors (Lipinski definition) is 5. The lowest BCUT2D eigenvalue weighted by molar-refractivity contribution is 0.0935. The van der Waals surface area contributed by atoms with E-state index >= 15 is 0 Å². The molecule has 1 aromatic carbocycles. The van der Waals surface area contributed by atoms with Crippen molar-refractivity contribution >= 4 is 16.8 Å². The van der Waals surface area contributed by atoms with Crippen molar-refractivity contribution in [2.24, 2.45) is 7.05 Å². The molecule has 0 aliphatic carbocycles. The first kappa shape index (κ1) is 18.8. The second kappa shape index (κ2) is 8.13. The number of rotatable bonds is 7. The number of ether oxygens (including phenoxy) is 1. The zero-order chi connectivity index (χ0) is 19.4. The van der Waals surface area contributed by atoms with Crippen LogP contribution in [-0.2, 0) is 18.3 Å². The zero-order valence-corrected chi connectivity index (χ0v) is 15.7. The van der Waals surface area contributed by atoms with Crippen molar-refractivity contribution in [2.45, 2.75) is 25.9 Å². The average molecular weight is 369 g/mol. The van der Waals surface area contributed by atoms with Gasteiger partial charge in [-0.2, -0.15) is 0 Å². The Bertz CT molecular complexity index is 1010. The quantitative estimate of drug-likeness (QED) is 0.640. The number of aryl methyl sites for hydroxylation is 2. The van der Waals surface area contributed by atoms with Crippen LogP contribution in [0.5, 0.6) is 0 Å². The molecule has 142 valence electrons. The molecule has 1 atom stereocenters. The van der Waals surface area contributed by atoms with E-state index in [9.17, 15) is 9.59 Å². The predicted molar refractivity (Wildman–Crippen MR) is 102 cm³/mol. The molecule has 2 aromatic heterocycles. The van der Waals surface area contributed by atoms with Gasteiger partial charge < -0.3 is 19.2 Å². The van der Waals surface area contributed by atoms with E-state index in [0.717, 1.165) is 17.3 Å². The zero-order valence-electron chi connectivity index (χ0n) is 15.7. The molecule has 8 nitrogen and oxygen atoms in total. The van der Waals surface area contributed by atoms with Crippen molar-refractivity contribution in [3.05, 3.63) is 58.4 Å². The predicted octanol–water partition coefficient (Wildman–Crippen LogP) is 1.66. The highest BCUT2D eigenvalue weighted by Gasteiger charge is 2.19. The highest BCUT2D eigenvalue weighted by Crippen LogP contribution is 2.14. The molecule has 0 unspecified atom stereocenters. The summed E-state index contributed by atoms with van der Waals surface area (Å²) in [5.74, 6) is 0.206. The van der Waals surface area contributed by atoms with Gasteiger partial charge in [0.15, 0.2) is 5.82 Å². The Labute approximate surface area is 156 Å². The van der Waals surface area contributed by atoms with Crippen LogP contribution in [-0.4, -0.2) is 39.0 Å². The largest absolute Gasteiger partial charge is 0.385 e. The number of amides is 1. The first-order chi connectivity index (χ1) is 13.0. The molecule has 0 saturated heterocycles. The van der Waals surface area contributed by atoms with Gasteiger partial charge in [-0.1, -0.05) is 18.2 Å². The smallest absolute Gasteiger partial charge is 0.263 e. The number of carbonyl (C=O) groups is 1. The summed E-state index contributed by atoms with van der Waals surface area (Å²) in [4.78, 5) is 25.3. The standard InChI is InChI=1S/C19H23N5O3/c1-13(17-22-20-12-24(17)9-6-10-27-3)21-18(25)15-11-14-7-4-5-8-16(14)23(2)19(15)26/h4-5,7-8,11-13H,6,9-10H2,1-3H3,(H,21,25)/t13-/m0/s1. The number of pyridine rings is 1. The fraction of sp³-hybridized carbons (Fsp3) is 0.368. The Morgan fingerprint density at radius 1 is 1.33 bits per heavy atom. The van der Waals surface area contributed by atoms with Crippen LogP contribution < -0.4 is 10.9 Å². The third-order valence-electron chi connectivity index (χ3n) is 4.51. The number of fused-ring (bicyclic) bond motifs is 1. The average Bonchev–Trinajstić information content (AvgIpc) is 3.13. The van der Waals surface area contributed by atoms with Crippen LogP contribution in [0.2, 0.25) is 0 Å². The highest BCUT2D eigenvalue weighted by atomic mass is 16.5. The number of methoxy groups -OCH3 is 1. The first-order valence-electron chi connectivity index (χ1n) is 8.79.